The van der Waals surface area contributed by atoms with Crippen molar-refractivity contribution in [2.45, 2.75) is 106 Å². The van der Waals surface area contributed by atoms with E-state index in [4.69, 9.17) is 19.4 Å². The van der Waals surface area contributed by atoms with Gasteiger partial charge in [0.2, 0.25) is 0 Å². The smallest absolute Gasteiger partial charge is 0.407 e. The number of aromatic nitrogens is 2. The molecule has 1 aromatic carbocycles. The number of hydrogen-bond acceptors (Lipinski definition) is 9. The van der Waals surface area contributed by atoms with Gasteiger partial charge in [0.05, 0.1) is 24.1 Å². The van der Waals surface area contributed by atoms with Crippen LogP contribution in [0.5, 0.6) is 0 Å². The first-order chi connectivity index (χ1) is 24.1. The summed E-state index contributed by atoms with van der Waals surface area (Å²) in [5.41, 5.74) is 8.89. The van der Waals surface area contributed by atoms with E-state index in [1.54, 1.807) is 0 Å². The third-order valence-corrected chi connectivity index (χ3v) is 9.07. The monoisotopic (exact) mass is 700 g/mol. The number of ether oxygens (including phenoxy) is 2. The first-order valence-corrected chi connectivity index (χ1v) is 18.4. The number of carbonyl (C=O) groups is 2. The molecule has 3 heterocycles. The standard InChI is InChI=1S/C41H60N6O4/c1-29-18-32(4)43-36(22-29)26-45-14-15-46(27-37-23-30(2)19-33(5)44-37)28-38(12-10-11-13-42-40(49)51-41(6,7)8)47(17-16-45)25-34-20-31(3)21-35(24-34)39(48)50-9/h18-24,38H,10-17,25-28H2,1-9H3,(H,42,49)/t38-/m0/s1. The molecule has 1 atom stereocenters. The molecule has 10 nitrogen and oxygen atoms in total. The molecule has 1 aliphatic heterocycles. The number of esters is 1. The molecule has 1 aliphatic rings. The SMILES string of the molecule is COC(=O)c1cc(C)cc(CN2CCN(Cc3cc(C)cc(C)n3)CCN(Cc3cc(C)cc(C)n3)C[C@@H]2CCCCNC(=O)OC(C)(C)C)c1. The molecule has 0 saturated carbocycles. The molecule has 0 radical (unpaired) electrons. The Morgan fingerprint density at radius 2 is 1.35 bits per heavy atom. The van der Waals surface area contributed by atoms with Gasteiger partial charge in [0.1, 0.15) is 5.60 Å². The largest absolute Gasteiger partial charge is 0.465 e. The van der Waals surface area contributed by atoms with Crippen LogP contribution in [0.3, 0.4) is 0 Å². The fourth-order valence-electron chi connectivity index (χ4n) is 7.04. The molecule has 2 aromatic heterocycles. The van der Waals surface area contributed by atoms with E-state index in [0.717, 1.165) is 99.0 Å². The van der Waals surface area contributed by atoms with E-state index < -0.39 is 5.60 Å². The first kappa shape index (κ1) is 39.9. The number of nitrogens with one attached hydrogen (secondary N) is 1. The van der Waals surface area contributed by atoms with Crippen molar-refractivity contribution in [2.24, 2.45) is 0 Å². The highest BCUT2D eigenvalue weighted by Gasteiger charge is 2.26. The van der Waals surface area contributed by atoms with Gasteiger partial charge in [-0.3, -0.25) is 24.7 Å². The van der Waals surface area contributed by atoms with Crippen molar-refractivity contribution in [3.8, 4) is 0 Å². The molecule has 1 amide bonds. The molecule has 3 aromatic rings. The lowest BCUT2D eigenvalue weighted by molar-refractivity contribution is 0.0525. The molecule has 0 aliphatic carbocycles. The van der Waals surface area contributed by atoms with Crippen molar-refractivity contribution in [1.29, 1.82) is 0 Å². The maximum Gasteiger partial charge on any atom is 0.407 e. The third kappa shape index (κ3) is 13.7. The average molecular weight is 701 g/mol. The predicted molar refractivity (Wildman–Crippen MR) is 203 cm³/mol. The Morgan fingerprint density at radius 3 is 1.96 bits per heavy atom. The van der Waals surface area contributed by atoms with Crippen molar-refractivity contribution < 1.29 is 19.1 Å². The fourth-order valence-corrected chi connectivity index (χ4v) is 7.04. The van der Waals surface area contributed by atoms with Crippen LogP contribution in [0.25, 0.3) is 0 Å². The van der Waals surface area contributed by atoms with Gasteiger partial charge in [0.25, 0.3) is 0 Å². The van der Waals surface area contributed by atoms with Gasteiger partial charge in [0, 0.05) is 76.3 Å². The zero-order valence-corrected chi connectivity index (χ0v) is 32.5. The maximum absolute atomic E-state index is 12.6. The van der Waals surface area contributed by atoms with E-state index in [0.29, 0.717) is 18.7 Å². The number of pyridine rings is 2. The summed E-state index contributed by atoms with van der Waals surface area (Å²) in [4.78, 5) is 42.3. The zero-order chi connectivity index (χ0) is 37.1. The van der Waals surface area contributed by atoms with E-state index in [9.17, 15) is 9.59 Å². The average Bonchev–Trinajstić information content (AvgIpc) is 3.08. The summed E-state index contributed by atoms with van der Waals surface area (Å²) in [5, 5.41) is 2.93. The van der Waals surface area contributed by atoms with Crippen molar-refractivity contribution in [3.63, 3.8) is 0 Å². The molecular weight excluding hydrogens is 640 g/mol. The molecule has 278 valence electrons. The topological polar surface area (TPSA) is 100 Å². The Balaban J connectivity index is 1.62. The summed E-state index contributed by atoms with van der Waals surface area (Å²) in [6.45, 7) is 23.3. The van der Waals surface area contributed by atoms with Crippen LogP contribution in [0.4, 0.5) is 4.79 Å². The molecule has 1 saturated heterocycles. The highest BCUT2D eigenvalue weighted by atomic mass is 16.6. The fraction of sp³-hybridized carbons (Fsp3) is 0.561. The lowest BCUT2D eigenvalue weighted by atomic mass is 10.0. The van der Waals surface area contributed by atoms with E-state index >= 15 is 0 Å². The molecule has 0 bridgehead atoms. The molecule has 51 heavy (non-hydrogen) atoms. The normalized spacial score (nSPS) is 16.6. The second-order valence-corrected chi connectivity index (χ2v) is 15.3. The summed E-state index contributed by atoms with van der Waals surface area (Å²) >= 11 is 0. The van der Waals surface area contributed by atoms with Gasteiger partial charge in [-0.05, 0) is 127 Å². The van der Waals surface area contributed by atoms with Crippen LogP contribution >= 0.6 is 0 Å². The van der Waals surface area contributed by atoms with Gasteiger partial charge in [0.15, 0.2) is 0 Å². The van der Waals surface area contributed by atoms with Gasteiger partial charge in [-0.15, -0.1) is 0 Å². The van der Waals surface area contributed by atoms with Crippen molar-refractivity contribution >= 4 is 12.1 Å². The molecule has 1 N–H and O–H groups in total. The van der Waals surface area contributed by atoms with Gasteiger partial charge >= 0.3 is 12.1 Å². The van der Waals surface area contributed by atoms with E-state index in [1.165, 1.54) is 18.2 Å². The maximum atomic E-state index is 12.6. The third-order valence-electron chi connectivity index (χ3n) is 9.07. The molecular formula is C41H60N6O4. The number of amides is 1. The number of rotatable bonds is 12. The minimum atomic E-state index is -0.526. The summed E-state index contributed by atoms with van der Waals surface area (Å²) < 4.78 is 10.5. The highest BCUT2D eigenvalue weighted by Crippen LogP contribution is 2.21. The second kappa shape index (κ2) is 18.6. The lowest BCUT2D eigenvalue weighted by Gasteiger charge is -2.35. The Hall–Kier alpha value is -3.86. The quantitative estimate of drug-likeness (QED) is 0.164. The summed E-state index contributed by atoms with van der Waals surface area (Å²) in [6, 6.07) is 14.9. The minimum absolute atomic E-state index is 0.235. The van der Waals surface area contributed by atoms with Gasteiger partial charge < -0.3 is 14.8 Å². The Kier molecular flexibility index (Phi) is 14.5. The number of unbranched alkanes of at least 4 members (excludes halogenated alkanes) is 1. The summed E-state index contributed by atoms with van der Waals surface area (Å²) in [5.74, 6) is -0.322. The van der Waals surface area contributed by atoms with Crippen LogP contribution in [0, 0.1) is 34.6 Å². The zero-order valence-electron chi connectivity index (χ0n) is 32.5. The Bertz CT molecular complexity index is 1580. The highest BCUT2D eigenvalue weighted by molar-refractivity contribution is 5.89. The Labute approximate surface area is 305 Å². The van der Waals surface area contributed by atoms with Crippen LogP contribution < -0.4 is 5.32 Å². The van der Waals surface area contributed by atoms with Crippen LogP contribution in [-0.2, 0) is 29.1 Å². The van der Waals surface area contributed by atoms with Crippen molar-refractivity contribution in [2.75, 3.05) is 46.4 Å². The van der Waals surface area contributed by atoms with Crippen LogP contribution in [0.1, 0.15) is 95.4 Å². The molecule has 0 unspecified atom stereocenters. The molecule has 4 rings (SSSR count). The van der Waals surface area contributed by atoms with Gasteiger partial charge in [-0.25, -0.2) is 9.59 Å². The second-order valence-electron chi connectivity index (χ2n) is 15.3. The van der Waals surface area contributed by atoms with Crippen molar-refractivity contribution in [1.82, 2.24) is 30.0 Å². The number of alkyl carbamates (subject to hydrolysis) is 1. The van der Waals surface area contributed by atoms with E-state index in [-0.39, 0.29) is 18.1 Å². The summed E-state index contributed by atoms with van der Waals surface area (Å²) in [7, 11) is 1.43. The number of aryl methyl sites for hydroxylation is 5. The van der Waals surface area contributed by atoms with Crippen LogP contribution in [0.15, 0.2) is 42.5 Å². The predicted octanol–water partition coefficient (Wildman–Crippen LogP) is 6.69. The van der Waals surface area contributed by atoms with E-state index in [2.05, 4.69) is 78.0 Å². The first-order valence-electron chi connectivity index (χ1n) is 18.4. The lowest BCUT2D eigenvalue weighted by Crippen LogP contribution is -2.44. The number of nitrogens with zero attached hydrogens (tertiary/aromatic N) is 5. The number of hydrogen-bond donors (Lipinski definition) is 1. The van der Waals surface area contributed by atoms with Crippen LogP contribution in [0.2, 0.25) is 0 Å². The minimum Gasteiger partial charge on any atom is -0.465 e. The number of benzene rings is 1. The molecule has 1 fully saturated rings. The van der Waals surface area contributed by atoms with Crippen molar-refractivity contribution in [3.05, 3.63) is 93.1 Å². The van der Waals surface area contributed by atoms with E-state index in [1.807, 2.05) is 39.8 Å². The number of methoxy groups -OCH3 is 1. The van der Waals surface area contributed by atoms with Crippen LogP contribution in [-0.4, -0.2) is 94.8 Å². The molecule has 0 spiro atoms. The number of carbonyl (C=O) groups excluding carboxylic acids is 2. The van der Waals surface area contributed by atoms with Gasteiger partial charge in [-0.2, -0.15) is 0 Å². The van der Waals surface area contributed by atoms with Gasteiger partial charge in [-0.1, -0.05) is 12.5 Å². The molecule has 10 heteroatoms. The summed E-state index contributed by atoms with van der Waals surface area (Å²) in [6.07, 6.45) is 2.38. The Morgan fingerprint density at radius 1 is 0.765 bits per heavy atom.